The van der Waals surface area contributed by atoms with Crippen molar-refractivity contribution in [1.29, 1.82) is 0 Å². The van der Waals surface area contributed by atoms with Crippen LogP contribution in [0.4, 0.5) is 0 Å². The van der Waals surface area contributed by atoms with Crippen molar-refractivity contribution in [1.82, 2.24) is 43.8 Å². The zero-order chi connectivity index (χ0) is 44.4. The molecule has 3 aromatic rings. The van der Waals surface area contributed by atoms with Gasteiger partial charge in [0.05, 0.1) is 11.4 Å². The lowest BCUT2D eigenvalue weighted by Gasteiger charge is -2.29. The van der Waals surface area contributed by atoms with Crippen LogP contribution in [0, 0.1) is 5.92 Å². The Hall–Kier alpha value is -3.43. The van der Waals surface area contributed by atoms with Gasteiger partial charge in [-0.1, -0.05) is 104 Å². The summed E-state index contributed by atoms with van der Waals surface area (Å²) in [5, 5.41) is 11.2. The first kappa shape index (κ1) is 51.6. The second-order valence-corrected chi connectivity index (χ2v) is 19.3. The first-order valence-electron chi connectivity index (χ1n) is 22.1. The molecule has 0 aliphatic carbocycles. The van der Waals surface area contributed by atoms with Crippen molar-refractivity contribution < 1.29 is 0 Å². The Balaban J connectivity index is 0.000000380. The smallest absolute Gasteiger partial charge is 0.153 e. The van der Waals surface area contributed by atoms with Gasteiger partial charge in [0.15, 0.2) is 5.82 Å². The number of rotatable bonds is 12. The Bertz CT molecular complexity index is 1430. The van der Waals surface area contributed by atoms with Crippen LogP contribution in [0.5, 0.6) is 0 Å². The molecule has 0 amide bonds. The van der Waals surface area contributed by atoms with Gasteiger partial charge in [0, 0.05) is 72.2 Å². The topological polar surface area (TPSA) is 85.2 Å². The average molecular weight is 793 g/mol. The molecule has 0 N–H and O–H groups in total. The summed E-state index contributed by atoms with van der Waals surface area (Å²) in [5.41, 5.74) is 2.42. The van der Waals surface area contributed by atoms with Crippen molar-refractivity contribution in [2.75, 3.05) is 0 Å². The molecule has 10 heteroatoms. The SMILES string of the molecule is C=C1N(C(C)C)N=C(C(C)C)N1C(C)C.CC(C)c1cn(C(C)C)c(C(C)C)n1.CC(C)c1cn(C(C)C)c(C(C)C)n1.CC(C)c1nc(C(C)C)n(C(C)C)n1. The van der Waals surface area contributed by atoms with Crippen LogP contribution in [0.1, 0.15) is 254 Å². The second kappa shape index (κ2) is 22.6. The molecule has 0 spiro atoms. The summed E-state index contributed by atoms with van der Waals surface area (Å²) in [5.74, 6) is 9.96. The minimum absolute atomic E-state index is 0.370. The highest BCUT2D eigenvalue weighted by Crippen LogP contribution is 2.27. The highest BCUT2D eigenvalue weighted by atomic mass is 15.6. The van der Waals surface area contributed by atoms with Gasteiger partial charge in [-0.3, -0.25) is 0 Å². The van der Waals surface area contributed by atoms with Gasteiger partial charge in [-0.05, 0) is 81.1 Å². The van der Waals surface area contributed by atoms with Crippen LogP contribution < -0.4 is 0 Å². The lowest BCUT2D eigenvalue weighted by molar-refractivity contribution is 0.253. The fraction of sp³-hybridized carbons (Fsp3) is 0.766. The van der Waals surface area contributed by atoms with Crippen molar-refractivity contribution >= 4 is 5.84 Å². The summed E-state index contributed by atoms with van der Waals surface area (Å²) in [6.45, 7) is 56.3. The molecule has 0 fully saturated rings. The maximum atomic E-state index is 4.69. The van der Waals surface area contributed by atoms with Crippen LogP contribution in [0.2, 0.25) is 0 Å². The lowest BCUT2D eigenvalue weighted by Crippen LogP contribution is -2.37. The standard InChI is InChI=1S/C12H23N3.2C12H22N2.C11H21N3/c1-8(2)12-13-15(10(5)6)11(7)14(12)9(3)4;2*1-8(2)11-7-14(10(5)6)12(13-11)9(3)4;1-7(2)10-12-11(8(3)4)14(13-10)9(5)6/h8-10H,7H2,1-6H3;2*7-10H,1-6H3;7-9H,1-6H3. The second-order valence-electron chi connectivity index (χ2n) is 19.3. The van der Waals surface area contributed by atoms with E-state index in [1.165, 1.54) is 23.0 Å². The van der Waals surface area contributed by atoms with Crippen LogP contribution in [-0.2, 0) is 0 Å². The van der Waals surface area contributed by atoms with Gasteiger partial charge in [0.2, 0.25) is 0 Å². The molecule has 1 aliphatic heterocycles. The summed E-state index contributed by atoms with van der Waals surface area (Å²) in [6, 6.07) is 2.20. The molecular formula is C47H88N10. The molecule has 0 aromatic carbocycles. The van der Waals surface area contributed by atoms with Crippen molar-refractivity contribution in [3.05, 3.63) is 59.5 Å². The Morgan fingerprint density at radius 2 is 0.825 bits per heavy atom. The molecule has 0 unspecified atom stereocenters. The fourth-order valence-corrected chi connectivity index (χ4v) is 6.29. The average Bonchev–Trinajstić information content (AvgIpc) is 3.88. The molecule has 10 nitrogen and oxygen atoms in total. The minimum atomic E-state index is 0.370. The molecule has 4 rings (SSSR count). The number of hydrazone groups is 1. The van der Waals surface area contributed by atoms with Crippen molar-refractivity contribution in [3.8, 4) is 0 Å². The van der Waals surface area contributed by atoms with E-state index in [0.717, 1.165) is 23.3 Å². The van der Waals surface area contributed by atoms with E-state index in [0.29, 0.717) is 71.6 Å². The first-order chi connectivity index (χ1) is 26.1. The molecule has 0 atom stereocenters. The lowest BCUT2D eigenvalue weighted by atomic mass is 10.1. The van der Waals surface area contributed by atoms with E-state index >= 15 is 0 Å². The maximum Gasteiger partial charge on any atom is 0.153 e. The predicted octanol–water partition coefficient (Wildman–Crippen LogP) is 13.4. The quantitative estimate of drug-likeness (QED) is 0.182. The fourth-order valence-electron chi connectivity index (χ4n) is 6.29. The number of imidazole rings is 2. The summed E-state index contributed by atoms with van der Waals surface area (Å²) in [4.78, 5) is 16.2. The van der Waals surface area contributed by atoms with Gasteiger partial charge >= 0.3 is 0 Å². The minimum Gasteiger partial charge on any atom is -0.332 e. The van der Waals surface area contributed by atoms with E-state index in [1.807, 2.05) is 9.69 Å². The van der Waals surface area contributed by atoms with Crippen LogP contribution in [0.15, 0.2) is 29.9 Å². The largest absolute Gasteiger partial charge is 0.332 e. The third-order valence-electron chi connectivity index (χ3n) is 9.61. The van der Waals surface area contributed by atoms with Gasteiger partial charge in [-0.15, -0.1) is 0 Å². The molecule has 0 bridgehead atoms. The number of hydrogen-bond acceptors (Lipinski definition) is 7. The molecule has 3 aromatic heterocycles. The van der Waals surface area contributed by atoms with Crippen LogP contribution in [-0.4, -0.2) is 61.7 Å². The predicted molar refractivity (Wildman–Crippen MR) is 246 cm³/mol. The van der Waals surface area contributed by atoms with E-state index < -0.39 is 0 Å². The third-order valence-corrected chi connectivity index (χ3v) is 9.61. The van der Waals surface area contributed by atoms with Crippen molar-refractivity contribution in [3.63, 3.8) is 0 Å². The molecular weight excluding hydrogens is 705 g/mol. The highest BCUT2D eigenvalue weighted by Gasteiger charge is 2.32. The number of amidine groups is 1. The zero-order valence-electron chi connectivity index (χ0n) is 41.3. The monoisotopic (exact) mass is 793 g/mol. The van der Waals surface area contributed by atoms with E-state index in [-0.39, 0.29) is 0 Å². The molecule has 1 aliphatic rings. The first-order valence-corrected chi connectivity index (χ1v) is 22.1. The van der Waals surface area contributed by atoms with Crippen molar-refractivity contribution in [2.24, 2.45) is 11.0 Å². The highest BCUT2D eigenvalue weighted by molar-refractivity contribution is 5.87. The number of hydrogen-bond donors (Lipinski definition) is 0. The Morgan fingerprint density at radius 3 is 1.04 bits per heavy atom. The van der Waals surface area contributed by atoms with E-state index in [4.69, 9.17) is 9.97 Å². The summed E-state index contributed by atoms with van der Waals surface area (Å²) in [6.07, 6.45) is 4.40. The Labute approximate surface area is 351 Å². The zero-order valence-corrected chi connectivity index (χ0v) is 41.3. The van der Waals surface area contributed by atoms with Gasteiger partial charge in [-0.25, -0.2) is 24.6 Å². The van der Waals surface area contributed by atoms with Crippen LogP contribution in [0.25, 0.3) is 0 Å². The summed E-state index contributed by atoms with van der Waals surface area (Å²) in [7, 11) is 0. The van der Waals surface area contributed by atoms with Crippen LogP contribution >= 0.6 is 0 Å². The molecule has 0 saturated heterocycles. The molecule has 4 heterocycles. The van der Waals surface area contributed by atoms with E-state index in [1.54, 1.807) is 0 Å². The summed E-state index contributed by atoms with van der Waals surface area (Å²) < 4.78 is 6.62. The molecule has 57 heavy (non-hydrogen) atoms. The van der Waals surface area contributed by atoms with Crippen LogP contribution in [0.3, 0.4) is 0 Å². The van der Waals surface area contributed by atoms with Gasteiger partial charge < -0.3 is 14.0 Å². The number of aromatic nitrogens is 7. The van der Waals surface area contributed by atoms with Gasteiger partial charge in [0.1, 0.15) is 29.1 Å². The molecule has 326 valence electrons. The van der Waals surface area contributed by atoms with E-state index in [9.17, 15) is 0 Å². The molecule has 0 radical (unpaired) electrons. The third kappa shape index (κ3) is 14.4. The maximum absolute atomic E-state index is 4.69. The summed E-state index contributed by atoms with van der Waals surface area (Å²) >= 11 is 0. The Morgan fingerprint density at radius 1 is 0.421 bits per heavy atom. The van der Waals surface area contributed by atoms with Gasteiger partial charge in [0.25, 0.3) is 0 Å². The van der Waals surface area contributed by atoms with Crippen molar-refractivity contribution in [2.45, 2.75) is 232 Å². The molecule has 0 saturated carbocycles. The Kier molecular flexibility index (Phi) is 20.5. The number of nitrogens with zero attached hydrogens (tertiary/aromatic N) is 10. The van der Waals surface area contributed by atoms with Gasteiger partial charge in [-0.2, -0.15) is 10.2 Å². The van der Waals surface area contributed by atoms with E-state index in [2.05, 4.69) is 214 Å². The normalized spacial score (nSPS) is 13.5.